The average Bonchev–Trinajstić information content (AvgIpc) is 2.54. The molecule has 1 aromatic carbocycles. The SMILES string of the molecule is CC(C)=NOc1nc(-c2ccc(Cl)c(Cl)c2)c(C#N)c(N)c1C#N. The fraction of sp³-hybridized carbons (Fsp3) is 0.125. The number of rotatable bonds is 3. The normalized spacial score (nSPS) is 9.75. The van der Waals surface area contributed by atoms with Gasteiger partial charge in [0.05, 0.1) is 27.1 Å². The van der Waals surface area contributed by atoms with E-state index in [1.165, 1.54) is 0 Å². The molecule has 1 aromatic heterocycles. The number of nitrogens with two attached hydrogens (primary N) is 1. The van der Waals surface area contributed by atoms with E-state index in [1.807, 2.05) is 12.1 Å². The molecule has 0 amide bonds. The van der Waals surface area contributed by atoms with Gasteiger partial charge in [-0.05, 0) is 26.0 Å². The Hall–Kier alpha value is -2.80. The van der Waals surface area contributed by atoms with Crippen LogP contribution in [0, 0.1) is 22.7 Å². The van der Waals surface area contributed by atoms with E-state index >= 15 is 0 Å². The van der Waals surface area contributed by atoms with Gasteiger partial charge in [0.15, 0.2) is 0 Å². The molecule has 0 aliphatic carbocycles. The lowest BCUT2D eigenvalue weighted by atomic mass is 10.0. The molecule has 24 heavy (non-hydrogen) atoms. The van der Waals surface area contributed by atoms with Crippen LogP contribution in [0.3, 0.4) is 0 Å². The summed E-state index contributed by atoms with van der Waals surface area (Å²) in [5, 5.41) is 23.1. The summed E-state index contributed by atoms with van der Waals surface area (Å²) in [7, 11) is 0. The molecule has 0 radical (unpaired) electrons. The van der Waals surface area contributed by atoms with Gasteiger partial charge in [-0.25, -0.2) is 4.98 Å². The molecular weight excluding hydrogens is 349 g/mol. The Kier molecular flexibility index (Phi) is 5.25. The van der Waals surface area contributed by atoms with E-state index in [0.717, 1.165) is 0 Å². The van der Waals surface area contributed by atoms with Crippen molar-refractivity contribution in [3.63, 3.8) is 0 Å². The number of benzene rings is 1. The first-order valence-corrected chi connectivity index (χ1v) is 7.42. The fourth-order valence-electron chi connectivity index (χ4n) is 1.86. The van der Waals surface area contributed by atoms with E-state index in [2.05, 4.69) is 10.1 Å². The molecule has 0 saturated heterocycles. The number of anilines is 1. The Bertz CT molecular complexity index is 922. The summed E-state index contributed by atoms with van der Waals surface area (Å²) in [6.45, 7) is 3.44. The molecule has 0 spiro atoms. The maximum absolute atomic E-state index is 9.41. The van der Waals surface area contributed by atoms with Crippen LogP contribution in [0.4, 0.5) is 5.69 Å². The highest BCUT2D eigenvalue weighted by molar-refractivity contribution is 6.42. The molecule has 0 atom stereocenters. The zero-order chi connectivity index (χ0) is 17.9. The van der Waals surface area contributed by atoms with Gasteiger partial charge in [-0.2, -0.15) is 10.5 Å². The van der Waals surface area contributed by atoms with Crippen LogP contribution in [0.1, 0.15) is 25.0 Å². The van der Waals surface area contributed by atoms with Gasteiger partial charge in [0.25, 0.3) is 5.88 Å². The second kappa shape index (κ2) is 7.18. The third-order valence-electron chi connectivity index (χ3n) is 2.93. The molecule has 1 heterocycles. The van der Waals surface area contributed by atoms with Gasteiger partial charge >= 0.3 is 0 Å². The Morgan fingerprint density at radius 2 is 1.83 bits per heavy atom. The average molecular weight is 360 g/mol. The standard InChI is InChI=1S/C16H11Cl2N5O/c1-8(2)23-24-16-11(7-20)14(21)10(6-19)15(22-16)9-3-4-12(17)13(18)5-9/h3-5H,1-2H3,(H2,21,22). The predicted molar refractivity (Wildman–Crippen MR) is 92.9 cm³/mol. The minimum Gasteiger partial charge on any atom is -0.396 e. The molecule has 0 bridgehead atoms. The number of hydrogen-bond acceptors (Lipinski definition) is 6. The van der Waals surface area contributed by atoms with Crippen molar-refractivity contribution in [2.45, 2.75) is 13.8 Å². The van der Waals surface area contributed by atoms with E-state index < -0.39 is 0 Å². The monoisotopic (exact) mass is 359 g/mol. The number of nitrogen functional groups attached to an aromatic ring is 1. The second-order valence-corrected chi connectivity index (χ2v) is 5.73. The predicted octanol–water partition coefficient (Wildman–Crippen LogP) is 4.16. The van der Waals surface area contributed by atoms with Crippen LogP contribution < -0.4 is 10.6 Å². The lowest BCUT2D eigenvalue weighted by Gasteiger charge is -2.11. The van der Waals surface area contributed by atoms with Crippen molar-refractivity contribution in [1.29, 1.82) is 10.5 Å². The summed E-state index contributed by atoms with van der Waals surface area (Å²) in [6, 6.07) is 8.61. The van der Waals surface area contributed by atoms with Crippen LogP contribution in [0.15, 0.2) is 23.4 Å². The molecule has 120 valence electrons. The Balaban J connectivity index is 2.75. The van der Waals surface area contributed by atoms with Crippen LogP contribution in [0.2, 0.25) is 10.0 Å². The molecular formula is C16H11Cl2N5O. The zero-order valence-electron chi connectivity index (χ0n) is 12.8. The van der Waals surface area contributed by atoms with E-state index in [4.69, 9.17) is 33.8 Å². The second-order valence-electron chi connectivity index (χ2n) is 4.91. The van der Waals surface area contributed by atoms with Crippen molar-refractivity contribution in [1.82, 2.24) is 4.98 Å². The molecule has 0 aliphatic heterocycles. The Labute approximate surface area is 148 Å². The summed E-state index contributed by atoms with van der Waals surface area (Å²) < 4.78 is 0. The number of pyridine rings is 1. The smallest absolute Gasteiger partial charge is 0.269 e. The van der Waals surface area contributed by atoms with Crippen molar-refractivity contribution in [2.75, 3.05) is 5.73 Å². The topological polar surface area (TPSA) is 108 Å². The molecule has 0 fully saturated rings. The maximum atomic E-state index is 9.41. The number of nitriles is 2. The Morgan fingerprint density at radius 3 is 2.38 bits per heavy atom. The van der Waals surface area contributed by atoms with Crippen LogP contribution in [0.25, 0.3) is 11.3 Å². The summed E-state index contributed by atoms with van der Waals surface area (Å²) >= 11 is 11.9. The maximum Gasteiger partial charge on any atom is 0.269 e. The van der Waals surface area contributed by atoms with Crippen LogP contribution in [0.5, 0.6) is 5.88 Å². The molecule has 2 aromatic rings. The van der Waals surface area contributed by atoms with Crippen molar-refractivity contribution in [3.8, 4) is 29.3 Å². The highest BCUT2D eigenvalue weighted by Gasteiger charge is 2.21. The van der Waals surface area contributed by atoms with Crippen molar-refractivity contribution >= 4 is 34.6 Å². The fourth-order valence-corrected chi connectivity index (χ4v) is 2.15. The van der Waals surface area contributed by atoms with E-state index in [1.54, 1.807) is 32.0 Å². The summed E-state index contributed by atoms with van der Waals surface area (Å²) in [5.41, 5.74) is 7.27. The van der Waals surface area contributed by atoms with Gasteiger partial charge < -0.3 is 10.6 Å². The first-order valence-electron chi connectivity index (χ1n) is 6.66. The van der Waals surface area contributed by atoms with E-state index in [0.29, 0.717) is 21.3 Å². The van der Waals surface area contributed by atoms with Crippen LogP contribution >= 0.6 is 23.2 Å². The molecule has 0 aliphatic rings. The number of halogens is 2. The number of aromatic nitrogens is 1. The molecule has 6 nitrogen and oxygen atoms in total. The van der Waals surface area contributed by atoms with Gasteiger partial charge in [-0.1, -0.05) is 34.4 Å². The third-order valence-corrected chi connectivity index (χ3v) is 3.67. The summed E-state index contributed by atoms with van der Waals surface area (Å²) in [5.74, 6) is -0.0868. The van der Waals surface area contributed by atoms with Gasteiger partial charge in [-0.3, -0.25) is 0 Å². The van der Waals surface area contributed by atoms with E-state index in [-0.39, 0.29) is 28.4 Å². The minimum absolute atomic E-state index is 0.0324. The first kappa shape index (κ1) is 17.6. The minimum atomic E-state index is -0.0868. The van der Waals surface area contributed by atoms with Crippen molar-refractivity contribution in [3.05, 3.63) is 39.4 Å². The number of nitrogens with zero attached hydrogens (tertiary/aromatic N) is 4. The lowest BCUT2D eigenvalue weighted by molar-refractivity contribution is 0.326. The van der Waals surface area contributed by atoms with Crippen molar-refractivity contribution < 1.29 is 4.84 Å². The molecule has 2 rings (SSSR count). The third kappa shape index (κ3) is 3.41. The van der Waals surface area contributed by atoms with Gasteiger partial charge in [0.1, 0.15) is 23.3 Å². The van der Waals surface area contributed by atoms with E-state index in [9.17, 15) is 10.5 Å². The van der Waals surface area contributed by atoms with Crippen molar-refractivity contribution in [2.24, 2.45) is 5.16 Å². The van der Waals surface area contributed by atoms with Crippen LogP contribution in [-0.4, -0.2) is 10.7 Å². The highest BCUT2D eigenvalue weighted by atomic mass is 35.5. The lowest BCUT2D eigenvalue weighted by Crippen LogP contribution is -2.04. The summed E-state index contributed by atoms with van der Waals surface area (Å²) in [6.07, 6.45) is 0. The molecule has 8 heteroatoms. The molecule has 0 saturated carbocycles. The van der Waals surface area contributed by atoms with Gasteiger partial charge in [0.2, 0.25) is 0 Å². The molecule has 0 unspecified atom stereocenters. The molecule has 2 N–H and O–H groups in total. The highest BCUT2D eigenvalue weighted by Crippen LogP contribution is 2.35. The van der Waals surface area contributed by atoms with Crippen LogP contribution in [-0.2, 0) is 0 Å². The summed E-state index contributed by atoms with van der Waals surface area (Å²) in [4.78, 5) is 9.42. The first-order chi connectivity index (χ1) is 11.4. The quantitative estimate of drug-likeness (QED) is 0.653. The van der Waals surface area contributed by atoms with Gasteiger partial charge in [0, 0.05) is 5.56 Å². The zero-order valence-corrected chi connectivity index (χ0v) is 14.3. The number of hydrogen-bond donors (Lipinski definition) is 1. The number of oxime groups is 1. The van der Waals surface area contributed by atoms with Gasteiger partial charge in [-0.15, -0.1) is 0 Å². The Morgan fingerprint density at radius 1 is 1.17 bits per heavy atom. The largest absolute Gasteiger partial charge is 0.396 e.